The summed E-state index contributed by atoms with van der Waals surface area (Å²) in [5.74, 6) is 1.83. The van der Waals surface area contributed by atoms with Gasteiger partial charge in [-0.3, -0.25) is 9.13 Å². The van der Waals surface area contributed by atoms with Gasteiger partial charge in [-0.15, -0.1) is 0 Å². The first kappa shape index (κ1) is 39.6. The first-order valence-corrected chi connectivity index (χ1v) is 24.8. The highest BCUT2D eigenvalue weighted by Gasteiger charge is 2.36. The van der Waals surface area contributed by atoms with Crippen LogP contribution in [0.1, 0.15) is 61.1 Å². The van der Waals surface area contributed by atoms with Crippen LogP contribution in [-0.2, 0) is 23.7 Å². The third-order valence-electron chi connectivity index (χ3n) is 16.5. The van der Waals surface area contributed by atoms with Gasteiger partial charge in [0.1, 0.15) is 11.6 Å². The average molecular weight is 897 g/mol. The Morgan fingerprint density at radius 1 is 0.329 bits per heavy atom. The molecule has 0 N–H and O–H groups in total. The van der Waals surface area contributed by atoms with Crippen LogP contribution in [0.3, 0.4) is 0 Å². The molecule has 4 aromatic heterocycles. The van der Waals surface area contributed by atoms with Crippen molar-refractivity contribution in [1.29, 1.82) is 0 Å². The molecule has 0 amide bonds. The first-order chi connectivity index (χ1) is 34.2. The zero-order chi connectivity index (χ0) is 46.6. The Morgan fingerprint density at radius 2 is 0.714 bits per heavy atom. The second-order valence-electron chi connectivity index (χ2n) is 20.9. The first-order valence-electron chi connectivity index (χ1n) is 24.8. The summed E-state index contributed by atoms with van der Waals surface area (Å²) in [6, 6.07) is 68.4. The average Bonchev–Trinajstić information content (AvgIpc) is 4.05. The van der Waals surface area contributed by atoms with Crippen molar-refractivity contribution in [1.82, 2.24) is 19.1 Å². The molecular weight excluding hydrogens is 849 g/mol. The minimum absolute atomic E-state index is 0.0263. The second-order valence-corrected chi connectivity index (χ2v) is 20.9. The predicted molar refractivity (Wildman–Crippen MR) is 290 cm³/mol. The molecule has 3 aliphatic rings. The number of nitrogens with zero attached hydrogens (tertiary/aromatic N) is 4. The number of aryl methyl sites for hydroxylation is 2. The fourth-order valence-electron chi connectivity index (χ4n) is 13.0. The highest BCUT2D eigenvalue weighted by atomic mass is 15.1. The molecule has 0 bridgehead atoms. The Balaban J connectivity index is 0.908. The highest BCUT2D eigenvalue weighted by molar-refractivity contribution is 6.14. The lowest BCUT2D eigenvalue weighted by atomic mass is 9.82. The Hall–Kier alpha value is -8.34. The molecule has 0 saturated heterocycles. The van der Waals surface area contributed by atoms with Crippen molar-refractivity contribution in [2.45, 2.75) is 51.4 Å². The molecule has 0 saturated carbocycles. The fourth-order valence-corrected chi connectivity index (χ4v) is 13.0. The number of hydrogen-bond acceptors (Lipinski definition) is 2. The highest BCUT2D eigenvalue weighted by Crippen LogP contribution is 2.52. The van der Waals surface area contributed by atoms with E-state index < -0.39 is 0 Å². The molecular formula is C66H48N4. The SMILES string of the molecule is CC1(C)c2ccccc2-c2cc(-c3ccc4c(c3)c3cc5c(cc3n4-c3ccccn3)-c3cc4c(cc3CC5)c3cc(-c5ccc6c(c5)-c5ccccc5C6(C)C)ccc3n4-c3ccccn3)ccc21. The van der Waals surface area contributed by atoms with Gasteiger partial charge in [0.05, 0.1) is 22.1 Å². The normalized spacial score (nSPS) is 14.7. The van der Waals surface area contributed by atoms with E-state index in [0.29, 0.717) is 0 Å². The van der Waals surface area contributed by atoms with Crippen molar-refractivity contribution in [3.8, 4) is 67.3 Å². The van der Waals surface area contributed by atoms with Crippen molar-refractivity contribution in [2.24, 2.45) is 0 Å². The maximum Gasteiger partial charge on any atom is 0.137 e. The van der Waals surface area contributed by atoms with Crippen LogP contribution in [0, 0.1) is 0 Å². The zero-order valence-corrected chi connectivity index (χ0v) is 39.7. The Kier molecular flexibility index (Phi) is 7.99. The van der Waals surface area contributed by atoms with Gasteiger partial charge in [0.25, 0.3) is 0 Å². The monoisotopic (exact) mass is 896 g/mol. The topological polar surface area (TPSA) is 35.6 Å². The molecule has 8 aromatic carbocycles. The molecule has 4 heteroatoms. The van der Waals surface area contributed by atoms with Gasteiger partial charge in [0, 0.05) is 44.8 Å². The largest absolute Gasteiger partial charge is 0.294 e. The van der Waals surface area contributed by atoms with E-state index in [2.05, 4.69) is 207 Å². The van der Waals surface area contributed by atoms with Crippen LogP contribution < -0.4 is 0 Å². The van der Waals surface area contributed by atoms with Crippen LogP contribution in [-0.4, -0.2) is 19.1 Å². The van der Waals surface area contributed by atoms with Crippen LogP contribution in [0.5, 0.6) is 0 Å². The molecule has 332 valence electrons. The van der Waals surface area contributed by atoms with Gasteiger partial charge in [-0.2, -0.15) is 0 Å². The molecule has 15 rings (SSSR count). The van der Waals surface area contributed by atoms with Gasteiger partial charge in [-0.25, -0.2) is 9.97 Å². The molecule has 0 aliphatic heterocycles. The third kappa shape index (κ3) is 5.42. The lowest BCUT2D eigenvalue weighted by Gasteiger charge is -2.21. The minimum Gasteiger partial charge on any atom is -0.294 e. The standard InChI is InChI=1S/C66H48N4/c1-65(2)55-15-7-5-13-45(55)49-31-39(21-25-57(49)65)41-23-27-59-51(33-41)53-35-43-19-20-44-36-54-52-34-42(40-22-26-58-50(32-40)46-14-6-8-16-56(46)66(58,3)4)24-28-60(52)70(64-18-10-12-30-68-64)62(54)38-48(44)47(43)37-61(53)69(59)63-17-9-11-29-67-63/h5-18,21-38H,19-20H2,1-4H3. The molecule has 0 radical (unpaired) electrons. The van der Waals surface area contributed by atoms with E-state index in [4.69, 9.17) is 9.97 Å². The van der Waals surface area contributed by atoms with Crippen LogP contribution in [0.15, 0.2) is 194 Å². The van der Waals surface area contributed by atoms with Gasteiger partial charge in [-0.1, -0.05) is 125 Å². The van der Waals surface area contributed by atoms with Crippen LogP contribution in [0.25, 0.3) is 111 Å². The van der Waals surface area contributed by atoms with E-state index in [0.717, 1.165) is 46.5 Å². The van der Waals surface area contributed by atoms with E-state index >= 15 is 0 Å². The van der Waals surface area contributed by atoms with Crippen LogP contribution in [0.4, 0.5) is 0 Å². The van der Waals surface area contributed by atoms with Gasteiger partial charge < -0.3 is 0 Å². The maximum absolute atomic E-state index is 4.96. The summed E-state index contributed by atoms with van der Waals surface area (Å²) < 4.78 is 4.74. The van der Waals surface area contributed by atoms with Crippen molar-refractivity contribution < 1.29 is 0 Å². The second kappa shape index (κ2) is 14.1. The van der Waals surface area contributed by atoms with E-state index in [1.54, 1.807) is 0 Å². The molecule has 0 unspecified atom stereocenters. The van der Waals surface area contributed by atoms with E-state index in [9.17, 15) is 0 Å². The summed E-state index contributed by atoms with van der Waals surface area (Å²) >= 11 is 0. The summed E-state index contributed by atoms with van der Waals surface area (Å²) in [6.07, 6.45) is 5.75. The number of hydrogen-bond donors (Lipinski definition) is 0. The maximum atomic E-state index is 4.96. The summed E-state index contributed by atoms with van der Waals surface area (Å²) in [6.45, 7) is 9.40. The van der Waals surface area contributed by atoms with Crippen molar-refractivity contribution in [3.63, 3.8) is 0 Å². The Labute approximate surface area is 407 Å². The third-order valence-corrected chi connectivity index (χ3v) is 16.5. The predicted octanol–water partition coefficient (Wildman–Crippen LogP) is 16.4. The number of rotatable bonds is 4. The number of benzene rings is 8. The van der Waals surface area contributed by atoms with Crippen LogP contribution >= 0.6 is 0 Å². The molecule has 0 fully saturated rings. The molecule has 3 aliphatic carbocycles. The van der Waals surface area contributed by atoms with Gasteiger partial charge in [-0.05, 0) is 187 Å². The minimum atomic E-state index is -0.0263. The fraction of sp³-hybridized carbons (Fsp3) is 0.121. The van der Waals surface area contributed by atoms with Crippen molar-refractivity contribution >= 4 is 43.6 Å². The summed E-state index contributed by atoms with van der Waals surface area (Å²) in [5.41, 5.74) is 25.8. The van der Waals surface area contributed by atoms with Crippen molar-refractivity contribution in [2.75, 3.05) is 0 Å². The van der Waals surface area contributed by atoms with Crippen molar-refractivity contribution in [3.05, 3.63) is 228 Å². The zero-order valence-electron chi connectivity index (χ0n) is 39.7. The van der Waals surface area contributed by atoms with Crippen LogP contribution in [0.2, 0.25) is 0 Å². The Bertz CT molecular complexity index is 3950. The molecule has 4 heterocycles. The summed E-state index contributed by atoms with van der Waals surface area (Å²) in [4.78, 5) is 9.92. The quantitative estimate of drug-likeness (QED) is 0.176. The van der Waals surface area contributed by atoms with E-state index in [1.165, 1.54) is 111 Å². The van der Waals surface area contributed by atoms with E-state index in [1.807, 2.05) is 24.5 Å². The molecule has 12 aromatic rings. The number of pyridine rings is 2. The van der Waals surface area contributed by atoms with E-state index in [-0.39, 0.29) is 10.8 Å². The Morgan fingerprint density at radius 3 is 1.16 bits per heavy atom. The number of aromatic nitrogens is 4. The molecule has 4 nitrogen and oxygen atoms in total. The van der Waals surface area contributed by atoms with Gasteiger partial charge in [0.15, 0.2) is 0 Å². The lowest BCUT2D eigenvalue weighted by molar-refractivity contribution is 0.660. The van der Waals surface area contributed by atoms with Gasteiger partial charge >= 0.3 is 0 Å². The summed E-state index contributed by atoms with van der Waals surface area (Å²) in [5, 5.41) is 5.00. The number of fused-ring (bicyclic) bond motifs is 15. The van der Waals surface area contributed by atoms with Gasteiger partial charge in [0.2, 0.25) is 0 Å². The molecule has 70 heavy (non-hydrogen) atoms. The smallest absolute Gasteiger partial charge is 0.137 e. The summed E-state index contributed by atoms with van der Waals surface area (Å²) in [7, 11) is 0. The molecule has 0 spiro atoms. The lowest BCUT2D eigenvalue weighted by Crippen LogP contribution is -2.14. The molecule has 0 atom stereocenters.